The Balaban J connectivity index is 2.96. The number of carbonyl (C=O) groups is 1. The van der Waals surface area contributed by atoms with Gasteiger partial charge < -0.3 is 15.4 Å². The number of hydrogen-bond donors (Lipinski definition) is 2. The Kier molecular flexibility index (Phi) is 5.86. The van der Waals surface area contributed by atoms with E-state index in [0.29, 0.717) is 19.8 Å². The molecule has 0 rings (SSSR count). The predicted molar refractivity (Wildman–Crippen MR) is 39.0 cm³/mol. The third-order valence-electron chi connectivity index (χ3n) is 0.963. The largest absolute Gasteiger partial charge is 0.380 e. The van der Waals surface area contributed by atoms with Crippen molar-refractivity contribution >= 4 is 6.03 Å². The number of amides is 2. The summed E-state index contributed by atoms with van der Waals surface area (Å²) in [4.78, 5) is 10.5. The Morgan fingerprint density at radius 2 is 2.30 bits per heavy atom. The third-order valence-corrected chi connectivity index (χ3v) is 0.963. The molecule has 0 spiro atoms. The van der Waals surface area contributed by atoms with Crippen LogP contribution in [0.2, 0.25) is 0 Å². The fraction of sp³-hybridized carbons (Fsp3) is 0.833. The van der Waals surface area contributed by atoms with Crippen molar-refractivity contribution in [3.05, 3.63) is 0 Å². The number of urea groups is 1. The Morgan fingerprint density at radius 1 is 1.60 bits per heavy atom. The number of carbonyl (C=O) groups excluding carboxylic acids is 1. The summed E-state index contributed by atoms with van der Waals surface area (Å²) in [5.41, 5.74) is 0. The molecule has 0 fully saturated rings. The van der Waals surface area contributed by atoms with Gasteiger partial charge in [0.2, 0.25) is 0 Å². The SMILES string of the molecule is CCOCCNC(=O)NC. The van der Waals surface area contributed by atoms with Gasteiger partial charge in [0, 0.05) is 20.2 Å². The summed E-state index contributed by atoms with van der Waals surface area (Å²) >= 11 is 0. The molecule has 0 aliphatic carbocycles. The molecule has 60 valence electrons. The van der Waals surface area contributed by atoms with Gasteiger partial charge in [-0.2, -0.15) is 0 Å². The second-order valence-electron chi connectivity index (χ2n) is 1.70. The average molecular weight is 146 g/mol. The van der Waals surface area contributed by atoms with Crippen LogP contribution in [0, 0.1) is 0 Å². The summed E-state index contributed by atoms with van der Waals surface area (Å²) in [6.07, 6.45) is 0. The molecule has 0 heterocycles. The molecule has 0 radical (unpaired) electrons. The van der Waals surface area contributed by atoms with E-state index in [1.54, 1.807) is 7.05 Å². The summed E-state index contributed by atoms with van der Waals surface area (Å²) in [5.74, 6) is 0. The lowest BCUT2D eigenvalue weighted by atomic mass is 10.7. The minimum atomic E-state index is -0.167. The van der Waals surface area contributed by atoms with Crippen LogP contribution in [0.5, 0.6) is 0 Å². The lowest BCUT2D eigenvalue weighted by Crippen LogP contribution is -2.34. The van der Waals surface area contributed by atoms with E-state index in [0.717, 1.165) is 0 Å². The van der Waals surface area contributed by atoms with Crippen LogP contribution >= 0.6 is 0 Å². The molecule has 0 aromatic rings. The molecule has 0 saturated heterocycles. The Labute approximate surface area is 60.9 Å². The molecule has 2 amide bonds. The summed E-state index contributed by atoms with van der Waals surface area (Å²) in [5, 5.41) is 5.03. The van der Waals surface area contributed by atoms with Crippen molar-refractivity contribution in [2.75, 3.05) is 26.8 Å². The van der Waals surface area contributed by atoms with Crippen molar-refractivity contribution in [1.29, 1.82) is 0 Å². The lowest BCUT2D eigenvalue weighted by Gasteiger charge is -2.02. The second-order valence-corrected chi connectivity index (χ2v) is 1.70. The van der Waals surface area contributed by atoms with E-state index in [9.17, 15) is 4.79 Å². The van der Waals surface area contributed by atoms with Crippen LogP contribution in [0.3, 0.4) is 0 Å². The van der Waals surface area contributed by atoms with Crippen LogP contribution < -0.4 is 10.6 Å². The average Bonchev–Trinajstić information content (AvgIpc) is 1.98. The molecule has 0 saturated carbocycles. The Bertz CT molecular complexity index is 95.7. The molecular formula is C6H14N2O2. The van der Waals surface area contributed by atoms with Crippen molar-refractivity contribution < 1.29 is 9.53 Å². The van der Waals surface area contributed by atoms with E-state index in [4.69, 9.17) is 4.74 Å². The standard InChI is InChI=1S/C6H14N2O2/c1-3-10-5-4-8-6(9)7-2/h3-5H2,1-2H3,(H2,7,8,9). The summed E-state index contributed by atoms with van der Waals surface area (Å²) in [6.45, 7) is 3.74. The highest BCUT2D eigenvalue weighted by Gasteiger charge is 1.91. The minimum Gasteiger partial charge on any atom is -0.380 e. The molecule has 0 atom stereocenters. The highest BCUT2D eigenvalue weighted by Crippen LogP contribution is 1.69. The highest BCUT2D eigenvalue weighted by atomic mass is 16.5. The lowest BCUT2D eigenvalue weighted by molar-refractivity contribution is 0.149. The molecule has 2 N–H and O–H groups in total. The van der Waals surface area contributed by atoms with Crippen molar-refractivity contribution in [2.45, 2.75) is 6.92 Å². The van der Waals surface area contributed by atoms with Gasteiger partial charge in [-0.25, -0.2) is 4.79 Å². The zero-order valence-corrected chi connectivity index (χ0v) is 6.44. The third kappa shape index (κ3) is 5.37. The van der Waals surface area contributed by atoms with E-state index in [-0.39, 0.29) is 6.03 Å². The van der Waals surface area contributed by atoms with Gasteiger partial charge in [-0.15, -0.1) is 0 Å². The molecule has 4 heteroatoms. The van der Waals surface area contributed by atoms with E-state index >= 15 is 0 Å². The topological polar surface area (TPSA) is 50.4 Å². The van der Waals surface area contributed by atoms with Crippen LogP contribution in [-0.2, 0) is 4.74 Å². The smallest absolute Gasteiger partial charge is 0.314 e. The van der Waals surface area contributed by atoms with Crippen molar-refractivity contribution in [1.82, 2.24) is 10.6 Å². The van der Waals surface area contributed by atoms with Gasteiger partial charge in [-0.1, -0.05) is 0 Å². The first kappa shape index (κ1) is 9.23. The maximum absolute atomic E-state index is 10.5. The van der Waals surface area contributed by atoms with Crippen molar-refractivity contribution in [3.63, 3.8) is 0 Å². The first-order valence-corrected chi connectivity index (χ1v) is 3.34. The highest BCUT2D eigenvalue weighted by molar-refractivity contribution is 5.73. The van der Waals surface area contributed by atoms with E-state index in [1.165, 1.54) is 0 Å². The molecule has 0 unspecified atom stereocenters. The molecule has 0 bridgehead atoms. The van der Waals surface area contributed by atoms with Crippen LogP contribution in [0.25, 0.3) is 0 Å². The Morgan fingerprint density at radius 3 is 2.80 bits per heavy atom. The van der Waals surface area contributed by atoms with Crippen LogP contribution in [0.1, 0.15) is 6.92 Å². The normalized spacial score (nSPS) is 9.00. The summed E-state index contributed by atoms with van der Waals surface area (Å²) in [7, 11) is 1.58. The quantitative estimate of drug-likeness (QED) is 0.546. The van der Waals surface area contributed by atoms with Crippen LogP contribution in [0.15, 0.2) is 0 Å². The van der Waals surface area contributed by atoms with Crippen molar-refractivity contribution in [3.8, 4) is 0 Å². The fourth-order valence-electron chi connectivity index (χ4n) is 0.469. The first-order valence-electron chi connectivity index (χ1n) is 3.34. The first-order chi connectivity index (χ1) is 4.81. The van der Waals surface area contributed by atoms with Gasteiger partial charge in [-0.3, -0.25) is 0 Å². The number of rotatable bonds is 4. The monoisotopic (exact) mass is 146 g/mol. The van der Waals surface area contributed by atoms with Gasteiger partial charge >= 0.3 is 6.03 Å². The zero-order chi connectivity index (χ0) is 7.82. The number of nitrogens with one attached hydrogen (secondary N) is 2. The van der Waals surface area contributed by atoms with Gasteiger partial charge in [0.25, 0.3) is 0 Å². The van der Waals surface area contributed by atoms with E-state index < -0.39 is 0 Å². The molecule has 10 heavy (non-hydrogen) atoms. The number of ether oxygens (including phenoxy) is 1. The number of hydrogen-bond acceptors (Lipinski definition) is 2. The molecule has 0 aliphatic heterocycles. The van der Waals surface area contributed by atoms with Gasteiger partial charge in [-0.05, 0) is 6.92 Å². The molecular weight excluding hydrogens is 132 g/mol. The van der Waals surface area contributed by atoms with Gasteiger partial charge in [0.05, 0.1) is 6.61 Å². The van der Waals surface area contributed by atoms with Gasteiger partial charge in [0.1, 0.15) is 0 Å². The molecule has 0 aromatic carbocycles. The molecule has 0 aromatic heterocycles. The minimum absolute atomic E-state index is 0.167. The summed E-state index contributed by atoms with van der Waals surface area (Å²) in [6, 6.07) is -0.167. The maximum atomic E-state index is 10.5. The summed E-state index contributed by atoms with van der Waals surface area (Å²) < 4.78 is 4.99. The second kappa shape index (κ2) is 6.35. The van der Waals surface area contributed by atoms with Crippen molar-refractivity contribution in [2.24, 2.45) is 0 Å². The van der Waals surface area contributed by atoms with E-state index in [2.05, 4.69) is 10.6 Å². The predicted octanol–water partition coefficient (Wildman–Crippen LogP) is -0.0481. The zero-order valence-electron chi connectivity index (χ0n) is 6.44. The molecule has 0 aliphatic rings. The van der Waals surface area contributed by atoms with E-state index in [1.807, 2.05) is 6.92 Å². The van der Waals surface area contributed by atoms with Crippen LogP contribution in [0.4, 0.5) is 4.79 Å². The van der Waals surface area contributed by atoms with Gasteiger partial charge in [0.15, 0.2) is 0 Å². The van der Waals surface area contributed by atoms with Crippen LogP contribution in [-0.4, -0.2) is 32.8 Å². The maximum Gasteiger partial charge on any atom is 0.314 e. The molecule has 4 nitrogen and oxygen atoms in total. The fourth-order valence-corrected chi connectivity index (χ4v) is 0.469. The Hall–Kier alpha value is -0.770.